The summed E-state index contributed by atoms with van der Waals surface area (Å²) >= 11 is 0. The van der Waals surface area contributed by atoms with Crippen LogP contribution in [0.2, 0.25) is 0 Å². The summed E-state index contributed by atoms with van der Waals surface area (Å²) in [6.07, 6.45) is 0. The van der Waals surface area contributed by atoms with Crippen molar-refractivity contribution in [1.29, 1.82) is 0 Å². The second-order valence-corrected chi connectivity index (χ2v) is 5.52. The van der Waals surface area contributed by atoms with Crippen LogP contribution in [0.3, 0.4) is 0 Å². The molecule has 0 aliphatic carbocycles. The molecular weight excluding hydrogens is 309 g/mol. The van der Waals surface area contributed by atoms with Crippen molar-refractivity contribution in [1.82, 2.24) is 15.5 Å². The summed E-state index contributed by atoms with van der Waals surface area (Å²) in [6.45, 7) is 3.97. The Kier molecular flexibility index (Phi) is 4.37. The number of benzene rings is 2. The highest BCUT2D eigenvalue weighted by atomic mass is 19.1. The minimum atomic E-state index is -0.334. The van der Waals surface area contributed by atoms with Crippen molar-refractivity contribution in [3.8, 4) is 11.5 Å². The van der Waals surface area contributed by atoms with Gasteiger partial charge in [0.05, 0.1) is 6.54 Å². The highest BCUT2D eigenvalue weighted by Crippen LogP contribution is 2.17. The summed E-state index contributed by atoms with van der Waals surface area (Å²) in [7, 11) is 0. The number of rotatable bonds is 4. The average molecular weight is 325 g/mol. The Hall–Kier alpha value is -3.02. The molecule has 0 saturated heterocycles. The highest BCUT2D eigenvalue weighted by molar-refractivity contribution is 5.95. The quantitative estimate of drug-likeness (QED) is 0.798. The number of halogens is 1. The van der Waals surface area contributed by atoms with Crippen molar-refractivity contribution >= 4 is 5.91 Å². The van der Waals surface area contributed by atoms with Crippen LogP contribution in [0.15, 0.2) is 47.0 Å². The van der Waals surface area contributed by atoms with E-state index in [-0.39, 0.29) is 24.2 Å². The SMILES string of the molecule is Cc1ccc(C)c(C(=O)NCc2noc(-c3ccc(F)cc3)n2)c1. The molecule has 0 aliphatic rings. The maximum atomic E-state index is 12.9. The van der Waals surface area contributed by atoms with E-state index in [1.165, 1.54) is 12.1 Å². The standard InChI is InChI=1S/C18H16FN3O2/c1-11-3-4-12(2)15(9-11)17(23)20-10-16-21-18(24-22-16)13-5-7-14(19)8-6-13/h3-9H,10H2,1-2H3,(H,20,23). The normalized spacial score (nSPS) is 10.6. The molecule has 3 rings (SSSR count). The summed E-state index contributed by atoms with van der Waals surface area (Å²) in [5.74, 6) is 0.113. The number of nitrogens with one attached hydrogen (secondary N) is 1. The van der Waals surface area contributed by atoms with E-state index in [0.29, 0.717) is 17.0 Å². The van der Waals surface area contributed by atoms with Gasteiger partial charge in [0.15, 0.2) is 5.82 Å². The van der Waals surface area contributed by atoms with Crippen molar-refractivity contribution in [2.24, 2.45) is 0 Å². The second kappa shape index (κ2) is 6.62. The molecule has 0 bridgehead atoms. The van der Waals surface area contributed by atoms with Crippen LogP contribution in [-0.4, -0.2) is 16.0 Å². The van der Waals surface area contributed by atoms with E-state index >= 15 is 0 Å². The lowest BCUT2D eigenvalue weighted by Crippen LogP contribution is -2.24. The van der Waals surface area contributed by atoms with Crippen LogP contribution in [0.25, 0.3) is 11.5 Å². The van der Waals surface area contributed by atoms with Gasteiger partial charge in [-0.2, -0.15) is 4.98 Å². The molecule has 0 radical (unpaired) electrons. The van der Waals surface area contributed by atoms with Gasteiger partial charge in [-0.05, 0) is 49.7 Å². The molecule has 1 N–H and O–H groups in total. The third-order valence-electron chi connectivity index (χ3n) is 3.60. The number of aryl methyl sites for hydroxylation is 2. The van der Waals surface area contributed by atoms with Crippen LogP contribution in [0.1, 0.15) is 27.3 Å². The van der Waals surface area contributed by atoms with Crippen molar-refractivity contribution in [3.05, 3.63) is 70.8 Å². The molecule has 3 aromatic rings. The topological polar surface area (TPSA) is 68.0 Å². The van der Waals surface area contributed by atoms with Gasteiger partial charge in [0.2, 0.25) is 0 Å². The molecule has 0 aliphatic heterocycles. The van der Waals surface area contributed by atoms with E-state index < -0.39 is 0 Å². The van der Waals surface area contributed by atoms with E-state index in [1.807, 2.05) is 32.0 Å². The van der Waals surface area contributed by atoms with Gasteiger partial charge in [-0.15, -0.1) is 0 Å². The zero-order valence-electron chi connectivity index (χ0n) is 13.3. The Morgan fingerprint density at radius 3 is 2.67 bits per heavy atom. The lowest BCUT2D eigenvalue weighted by atomic mass is 10.1. The highest BCUT2D eigenvalue weighted by Gasteiger charge is 2.12. The van der Waals surface area contributed by atoms with Crippen LogP contribution < -0.4 is 5.32 Å². The van der Waals surface area contributed by atoms with Crippen LogP contribution in [-0.2, 0) is 6.54 Å². The van der Waals surface area contributed by atoms with Crippen molar-refractivity contribution < 1.29 is 13.7 Å². The fraction of sp³-hybridized carbons (Fsp3) is 0.167. The molecule has 0 saturated carbocycles. The van der Waals surface area contributed by atoms with Gasteiger partial charge in [-0.3, -0.25) is 4.79 Å². The third-order valence-corrected chi connectivity index (χ3v) is 3.60. The first kappa shape index (κ1) is 15.9. The molecule has 122 valence electrons. The summed E-state index contributed by atoms with van der Waals surface area (Å²) < 4.78 is 18.1. The molecule has 1 aromatic heterocycles. The predicted octanol–water partition coefficient (Wildman–Crippen LogP) is 3.42. The molecule has 0 spiro atoms. The molecule has 0 unspecified atom stereocenters. The fourth-order valence-corrected chi connectivity index (χ4v) is 2.27. The fourth-order valence-electron chi connectivity index (χ4n) is 2.27. The minimum absolute atomic E-state index is 0.150. The molecule has 24 heavy (non-hydrogen) atoms. The maximum absolute atomic E-state index is 12.9. The van der Waals surface area contributed by atoms with Gasteiger partial charge >= 0.3 is 0 Å². The first-order valence-electron chi connectivity index (χ1n) is 7.47. The number of amides is 1. The average Bonchev–Trinajstić information content (AvgIpc) is 3.04. The largest absolute Gasteiger partial charge is 0.345 e. The number of carbonyl (C=O) groups excluding carboxylic acids is 1. The molecule has 1 amide bonds. The van der Waals surface area contributed by atoms with Gasteiger partial charge < -0.3 is 9.84 Å². The van der Waals surface area contributed by atoms with Gasteiger partial charge in [0, 0.05) is 11.1 Å². The summed E-state index contributed by atoms with van der Waals surface area (Å²) in [4.78, 5) is 16.5. The van der Waals surface area contributed by atoms with Crippen molar-refractivity contribution in [3.63, 3.8) is 0 Å². The monoisotopic (exact) mass is 325 g/mol. The van der Waals surface area contributed by atoms with Crippen LogP contribution >= 0.6 is 0 Å². The van der Waals surface area contributed by atoms with Gasteiger partial charge in [-0.25, -0.2) is 4.39 Å². The van der Waals surface area contributed by atoms with E-state index in [9.17, 15) is 9.18 Å². The maximum Gasteiger partial charge on any atom is 0.257 e. The van der Waals surface area contributed by atoms with E-state index in [4.69, 9.17) is 4.52 Å². The number of hydrogen-bond donors (Lipinski definition) is 1. The lowest BCUT2D eigenvalue weighted by molar-refractivity contribution is 0.0949. The van der Waals surface area contributed by atoms with Crippen LogP contribution in [0.5, 0.6) is 0 Å². The first-order chi connectivity index (χ1) is 11.5. The summed E-state index contributed by atoms with van der Waals surface area (Å²) in [5, 5.41) is 6.60. The Bertz CT molecular complexity index is 872. The van der Waals surface area contributed by atoms with E-state index in [2.05, 4.69) is 15.5 Å². The smallest absolute Gasteiger partial charge is 0.257 e. The van der Waals surface area contributed by atoms with Crippen molar-refractivity contribution in [2.75, 3.05) is 0 Å². The molecule has 0 atom stereocenters. The molecule has 6 heteroatoms. The summed E-state index contributed by atoms with van der Waals surface area (Å²) in [6, 6.07) is 11.5. The molecule has 5 nitrogen and oxygen atoms in total. The zero-order chi connectivity index (χ0) is 17.1. The first-order valence-corrected chi connectivity index (χ1v) is 7.47. The second-order valence-electron chi connectivity index (χ2n) is 5.52. The summed E-state index contributed by atoms with van der Waals surface area (Å²) in [5.41, 5.74) is 3.16. The van der Waals surface area contributed by atoms with E-state index in [0.717, 1.165) is 11.1 Å². The number of hydrogen-bond acceptors (Lipinski definition) is 4. The number of nitrogens with zero attached hydrogens (tertiary/aromatic N) is 2. The van der Waals surface area contributed by atoms with Crippen LogP contribution in [0.4, 0.5) is 4.39 Å². The lowest BCUT2D eigenvalue weighted by Gasteiger charge is -2.06. The van der Waals surface area contributed by atoms with Gasteiger partial charge in [0.1, 0.15) is 5.82 Å². The predicted molar refractivity (Wildman–Crippen MR) is 86.8 cm³/mol. The molecule has 2 aromatic carbocycles. The van der Waals surface area contributed by atoms with E-state index in [1.54, 1.807) is 12.1 Å². The number of aromatic nitrogens is 2. The zero-order valence-corrected chi connectivity index (χ0v) is 13.3. The minimum Gasteiger partial charge on any atom is -0.345 e. The van der Waals surface area contributed by atoms with Crippen LogP contribution in [0, 0.1) is 19.7 Å². The third kappa shape index (κ3) is 3.48. The Labute approximate surface area is 138 Å². The Balaban J connectivity index is 1.68. The number of carbonyl (C=O) groups is 1. The Morgan fingerprint density at radius 1 is 1.17 bits per heavy atom. The molecule has 0 fully saturated rings. The van der Waals surface area contributed by atoms with Crippen molar-refractivity contribution in [2.45, 2.75) is 20.4 Å². The Morgan fingerprint density at radius 2 is 1.92 bits per heavy atom. The molecule has 1 heterocycles. The molecular formula is C18H16FN3O2. The van der Waals surface area contributed by atoms with Gasteiger partial charge in [0.25, 0.3) is 11.8 Å². The van der Waals surface area contributed by atoms with Gasteiger partial charge in [-0.1, -0.05) is 22.9 Å².